The summed E-state index contributed by atoms with van der Waals surface area (Å²) in [5.74, 6) is 0.257. The summed E-state index contributed by atoms with van der Waals surface area (Å²) in [6.07, 6.45) is 8.65. The Labute approximate surface area is 474 Å². The Morgan fingerprint density at radius 2 is 0.835 bits per heavy atom. The minimum atomic E-state index is -1.06. The maximum Gasteiger partial charge on any atom is 1.00 e. The van der Waals surface area contributed by atoms with Crippen LogP contribution in [0.4, 0.5) is 26.0 Å². The maximum atomic E-state index is 12.1. The number of anilines is 2. The third-order valence-corrected chi connectivity index (χ3v) is 11.5. The Kier molecular flexibility index (Phi) is 23.5. The zero-order valence-electron chi connectivity index (χ0n) is 46.9. The number of Topliss-reactive ketones (excluding diaryl/α,β-unsaturated/α-hetero) is 2. The zero-order chi connectivity index (χ0) is 55.7. The smallest absolute Gasteiger partial charge is 0.870 e. The first-order valence-electron chi connectivity index (χ1n) is 24.7. The SMILES string of the molecule is CC(=O)c1cnn2ccc(Cl)nc12.CC(=O)c1cnn2ccc(N3CCN(C(=O)OC(C)(C)C)CC3)nc12.CC(C)(C)OC(=O)N1CCN(c2ccn3ncc(C(=O)O)c3n2)CC1.CC(C)(C)OC(=O)N1CCNCC1.O.[Li+].[OH-]. The van der Waals surface area contributed by atoms with E-state index in [9.17, 15) is 33.9 Å². The third-order valence-electron chi connectivity index (χ3n) is 11.3. The number of carboxylic acids is 1. The molecule has 9 rings (SSSR count). The number of ketones is 2. The van der Waals surface area contributed by atoms with Gasteiger partial charge in [-0.1, -0.05) is 11.6 Å². The van der Waals surface area contributed by atoms with Crippen LogP contribution in [0, 0.1) is 0 Å². The topological polar surface area (TPSA) is 331 Å². The second kappa shape index (κ2) is 28.1. The molecule has 0 aliphatic carbocycles. The van der Waals surface area contributed by atoms with Gasteiger partial charge < -0.3 is 60.1 Å². The molecule has 6 aromatic rings. The largest absolute Gasteiger partial charge is 1.00 e. The summed E-state index contributed by atoms with van der Waals surface area (Å²) in [4.78, 5) is 92.0. The number of halogens is 1. The van der Waals surface area contributed by atoms with Crippen molar-refractivity contribution in [3.05, 3.63) is 77.2 Å². The number of aromatic nitrogens is 9. The van der Waals surface area contributed by atoms with Gasteiger partial charge in [0.15, 0.2) is 28.5 Å². The molecule has 29 heteroatoms. The Morgan fingerprint density at radius 1 is 0.519 bits per heavy atom. The molecule has 3 aliphatic heterocycles. The maximum absolute atomic E-state index is 12.1. The molecule has 79 heavy (non-hydrogen) atoms. The summed E-state index contributed by atoms with van der Waals surface area (Å²) >= 11 is 5.69. The third kappa shape index (κ3) is 18.7. The van der Waals surface area contributed by atoms with Gasteiger partial charge in [0.1, 0.15) is 39.2 Å². The van der Waals surface area contributed by atoms with Crippen LogP contribution < -0.4 is 34.0 Å². The molecular formula is C50H71ClLiN15O12. The predicted molar refractivity (Wildman–Crippen MR) is 287 cm³/mol. The van der Waals surface area contributed by atoms with Crippen molar-refractivity contribution in [3.8, 4) is 0 Å². The molecule has 5 N–H and O–H groups in total. The Bertz CT molecular complexity index is 2900. The van der Waals surface area contributed by atoms with Gasteiger partial charge in [0.05, 0.1) is 29.7 Å². The molecule has 6 aromatic heterocycles. The summed E-state index contributed by atoms with van der Waals surface area (Å²) in [5, 5.41) is 24.8. The number of nitrogens with one attached hydrogen (secondary N) is 1. The molecule has 9 heterocycles. The first-order chi connectivity index (χ1) is 35.7. The predicted octanol–water partition coefficient (Wildman–Crippen LogP) is 1.89. The van der Waals surface area contributed by atoms with Gasteiger partial charge in [-0.2, -0.15) is 15.3 Å². The van der Waals surface area contributed by atoms with E-state index < -0.39 is 17.2 Å². The molecule has 0 radical (unpaired) electrons. The Balaban J connectivity index is 0.000000285. The molecule has 27 nitrogen and oxygen atoms in total. The minimum Gasteiger partial charge on any atom is -0.870 e. The number of hydrogen-bond acceptors (Lipinski definition) is 19. The van der Waals surface area contributed by atoms with Crippen LogP contribution in [0.25, 0.3) is 16.9 Å². The molecule has 3 fully saturated rings. The number of amides is 3. The van der Waals surface area contributed by atoms with Gasteiger partial charge in [-0.05, 0) is 94.4 Å². The molecule has 0 spiro atoms. The van der Waals surface area contributed by atoms with Crippen molar-refractivity contribution in [2.75, 3.05) is 88.3 Å². The molecule has 0 aromatic carbocycles. The zero-order valence-corrected chi connectivity index (χ0v) is 47.6. The van der Waals surface area contributed by atoms with Gasteiger partial charge in [0.2, 0.25) is 0 Å². The molecule has 426 valence electrons. The van der Waals surface area contributed by atoms with Gasteiger partial charge in [-0.25, -0.2) is 47.7 Å². The van der Waals surface area contributed by atoms with Gasteiger partial charge >= 0.3 is 43.1 Å². The van der Waals surface area contributed by atoms with Crippen LogP contribution in [0.5, 0.6) is 0 Å². The van der Waals surface area contributed by atoms with E-state index in [-0.39, 0.29) is 70.8 Å². The van der Waals surface area contributed by atoms with Crippen LogP contribution in [-0.4, -0.2) is 206 Å². The summed E-state index contributed by atoms with van der Waals surface area (Å²) < 4.78 is 20.6. The van der Waals surface area contributed by atoms with Crippen molar-refractivity contribution in [2.45, 2.75) is 93.0 Å². The Morgan fingerprint density at radius 3 is 1.18 bits per heavy atom. The Hall–Kier alpha value is -7.15. The van der Waals surface area contributed by atoms with E-state index in [1.165, 1.54) is 41.5 Å². The second-order valence-corrected chi connectivity index (χ2v) is 21.2. The summed E-state index contributed by atoms with van der Waals surface area (Å²) in [5.41, 5.74) is 1.02. The van der Waals surface area contributed by atoms with Gasteiger partial charge in [-0.15, -0.1) is 0 Å². The van der Waals surface area contributed by atoms with Crippen molar-refractivity contribution in [3.63, 3.8) is 0 Å². The molecule has 3 amide bonds. The number of nitrogens with zero attached hydrogens (tertiary/aromatic N) is 14. The number of piperazine rings is 3. The number of ether oxygens (including phenoxy) is 3. The fourth-order valence-corrected chi connectivity index (χ4v) is 7.76. The van der Waals surface area contributed by atoms with E-state index in [2.05, 4.69) is 40.5 Å². The first-order valence-corrected chi connectivity index (χ1v) is 25.1. The van der Waals surface area contributed by atoms with Gasteiger partial charge in [-0.3, -0.25) is 9.59 Å². The van der Waals surface area contributed by atoms with Gasteiger partial charge in [0.25, 0.3) is 0 Å². The monoisotopic (exact) mass is 1120 g/mol. The van der Waals surface area contributed by atoms with Crippen LogP contribution in [0.2, 0.25) is 5.15 Å². The normalized spacial score (nSPS) is 14.6. The number of rotatable bonds is 5. The minimum absolute atomic E-state index is 0. The molecule has 3 aliphatic rings. The average Bonchev–Trinajstić information content (AvgIpc) is 4.10. The van der Waals surface area contributed by atoms with Crippen molar-refractivity contribution >= 4 is 76.0 Å². The molecule has 0 atom stereocenters. The molecule has 0 unspecified atom stereocenters. The van der Waals surface area contributed by atoms with E-state index in [1.54, 1.807) is 49.9 Å². The van der Waals surface area contributed by atoms with E-state index in [4.69, 9.17) is 25.8 Å². The average molecular weight is 1120 g/mol. The summed E-state index contributed by atoms with van der Waals surface area (Å²) in [6.45, 7) is 27.6. The molecule has 3 saturated heterocycles. The molecule has 0 bridgehead atoms. The summed E-state index contributed by atoms with van der Waals surface area (Å²) in [7, 11) is 0. The number of hydrogen-bond donors (Lipinski definition) is 2. The summed E-state index contributed by atoms with van der Waals surface area (Å²) in [6, 6.07) is 5.27. The van der Waals surface area contributed by atoms with E-state index in [0.717, 1.165) is 32.0 Å². The first kappa shape index (κ1) is 66.1. The number of aromatic carboxylic acids is 1. The van der Waals surface area contributed by atoms with E-state index >= 15 is 0 Å². The standard InChI is InChI=1S/C17H23N5O3.C16H21N5O4.C9H18N2O2.C8H6ClN3O.Li.2H2O/c1-12(23)13-11-18-22-6-5-14(19-15(13)22)20-7-9-21(10-8-20)16(24)25-17(2,3)4;1-16(2,3)25-15(24)20-8-6-19(7-9-20)12-4-5-21-13(18-12)11(10-17-21)14(22)23;1-9(2,3)13-8(12)11-6-4-10-5-7-11;1-5(13)6-4-10-12-3-2-7(9)11-8(6)12;;;/h5-6,11H,7-10H2,1-4H3;4-5,10H,6-9H2,1-3H3,(H,22,23);10H,4-7H2,1-3H3;2-4H,1H3;;2*1H2/q;;;;+1;;/p-1. The van der Waals surface area contributed by atoms with Crippen molar-refractivity contribution in [1.82, 2.24) is 63.8 Å². The van der Waals surface area contributed by atoms with Crippen LogP contribution in [0.15, 0.2) is 55.4 Å². The number of carboxylic acid groups (broad SMARTS) is 1. The van der Waals surface area contributed by atoms with Crippen LogP contribution in [-0.2, 0) is 14.2 Å². The quantitative estimate of drug-likeness (QED) is 0.108. The van der Waals surface area contributed by atoms with Crippen molar-refractivity contribution in [1.29, 1.82) is 0 Å². The van der Waals surface area contributed by atoms with E-state index in [0.29, 0.717) is 91.4 Å². The fourth-order valence-electron chi connectivity index (χ4n) is 7.63. The van der Waals surface area contributed by atoms with Gasteiger partial charge in [0, 0.05) is 97.1 Å². The number of fused-ring (bicyclic) bond motifs is 3. The number of carbonyl (C=O) groups excluding carboxylic acids is 5. The van der Waals surface area contributed by atoms with Crippen LogP contribution >= 0.6 is 11.6 Å². The van der Waals surface area contributed by atoms with Crippen molar-refractivity contribution in [2.24, 2.45) is 0 Å². The van der Waals surface area contributed by atoms with Crippen LogP contribution in [0.3, 0.4) is 0 Å². The van der Waals surface area contributed by atoms with Crippen molar-refractivity contribution < 1.29 is 77.9 Å². The molecular weight excluding hydrogens is 1050 g/mol. The molecule has 0 saturated carbocycles. The number of carbonyl (C=O) groups is 6. The second-order valence-electron chi connectivity index (χ2n) is 20.8. The van der Waals surface area contributed by atoms with Crippen LogP contribution in [0.1, 0.15) is 107 Å². The fraction of sp³-hybridized carbons (Fsp3) is 0.520. The van der Waals surface area contributed by atoms with E-state index in [1.807, 2.05) is 73.3 Å².